The summed E-state index contributed by atoms with van der Waals surface area (Å²) in [5.74, 6) is 3.59. The predicted octanol–water partition coefficient (Wildman–Crippen LogP) is 2.89. The first-order valence-electron chi connectivity index (χ1n) is 8.59. The van der Waals surface area contributed by atoms with Gasteiger partial charge in [-0.1, -0.05) is 0 Å². The van der Waals surface area contributed by atoms with Crippen LogP contribution in [0, 0.1) is 23.7 Å². The Balaban J connectivity index is 1.37. The highest BCUT2D eigenvalue weighted by Crippen LogP contribution is 2.55. The number of nitrogens with one attached hydrogen (secondary N) is 1. The quantitative estimate of drug-likeness (QED) is 0.861. The highest BCUT2D eigenvalue weighted by molar-refractivity contribution is 5.77. The smallest absolute Gasteiger partial charge is 0.220 e. The number of amides is 1. The predicted molar refractivity (Wildman–Crippen MR) is 77.2 cm³/mol. The maximum Gasteiger partial charge on any atom is 0.220 e. The molecule has 112 valence electrons. The Hall–Kier alpha value is -0.570. The third-order valence-corrected chi connectivity index (χ3v) is 6.26. The van der Waals surface area contributed by atoms with E-state index >= 15 is 0 Å². The van der Waals surface area contributed by atoms with E-state index in [1.165, 1.54) is 38.5 Å². The SMILES string of the molecule is O=C(CC1CCOCC1)NC12CC3CC(CC(C3)C1)C2. The van der Waals surface area contributed by atoms with Crippen molar-refractivity contribution in [2.24, 2.45) is 23.7 Å². The summed E-state index contributed by atoms with van der Waals surface area (Å²) >= 11 is 0. The largest absolute Gasteiger partial charge is 0.381 e. The van der Waals surface area contributed by atoms with Crippen LogP contribution >= 0.6 is 0 Å². The molecule has 1 amide bonds. The Morgan fingerprint density at radius 2 is 1.55 bits per heavy atom. The number of hydrogen-bond acceptors (Lipinski definition) is 2. The fraction of sp³-hybridized carbons (Fsp3) is 0.941. The van der Waals surface area contributed by atoms with Gasteiger partial charge < -0.3 is 10.1 Å². The van der Waals surface area contributed by atoms with Crippen LogP contribution in [-0.4, -0.2) is 24.7 Å². The van der Waals surface area contributed by atoms with E-state index in [0.717, 1.165) is 50.2 Å². The minimum absolute atomic E-state index is 0.191. The topological polar surface area (TPSA) is 38.3 Å². The van der Waals surface area contributed by atoms with Crippen LogP contribution in [0.3, 0.4) is 0 Å². The molecule has 1 heterocycles. The first-order chi connectivity index (χ1) is 9.71. The molecule has 0 radical (unpaired) electrons. The molecule has 4 aliphatic carbocycles. The summed E-state index contributed by atoms with van der Waals surface area (Å²) in [7, 11) is 0. The van der Waals surface area contributed by atoms with Crippen molar-refractivity contribution in [3.8, 4) is 0 Å². The summed E-state index contributed by atoms with van der Waals surface area (Å²) < 4.78 is 5.38. The van der Waals surface area contributed by atoms with Gasteiger partial charge in [0, 0.05) is 25.2 Å². The lowest BCUT2D eigenvalue weighted by molar-refractivity contribution is -0.128. The van der Waals surface area contributed by atoms with Crippen LogP contribution in [0.4, 0.5) is 0 Å². The van der Waals surface area contributed by atoms with Gasteiger partial charge >= 0.3 is 0 Å². The fourth-order valence-corrected chi connectivity index (χ4v) is 5.82. The summed E-state index contributed by atoms with van der Waals surface area (Å²) in [5, 5.41) is 3.49. The molecular weight excluding hydrogens is 250 g/mol. The molecule has 4 bridgehead atoms. The van der Waals surface area contributed by atoms with Crippen molar-refractivity contribution in [3.05, 3.63) is 0 Å². The van der Waals surface area contributed by atoms with Gasteiger partial charge in [-0.05, 0) is 75.0 Å². The van der Waals surface area contributed by atoms with Crippen molar-refractivity contribution in [3.63, 3.8) is 0 Å². The van der Waals surface area contributed by atoms with E-state index in [0.29, 0.717) is 11.8 Å². The van der Waals surface area contributed by atoms with Crippen LogP contribution in [0.15, 0.2) is 0 Å². The Morgan fingerprint density at radius 3 is 2.10 bits per heavy atom. The van der Waals surface area contributed by atoms with Crippen molar-refractivity contribution in [2.45, 2.75) is 63.3 Å². The average molecular weight is 277 g/mol. The molecule has 1 N–H and O–H groups in total. The zero-order chi connectivity index (χ0) is 13.6. The van der Waals surface area contributed by atoms with Gasteiger partial charge in [0.05, 0.1) is 0 Å². The van der Waals surface area contributed by atoms with Crippen LogP contribution in [0.1, 0.15) is 57.8 Å². The van der Waals surface area contributed by atoms with Crippen LogP contribution in [-0.2, 0) is 9.53 Å². The molecule has 0 spiro atoms. The summed E-state index contributed by atoms with van der Waals surface area (Å²) in [6.45, 7) is 1.69. The lowest BCUT2D eigenvalue weighted by Gasteiger charge is -2.57. The van der Waals surface area contributed by atoms with E-state index in [-0.39, 0.29) is 5.54 Å². The standard InChI is InChI=1S/C17H27NO2/c19-16(8-12-1-3-20-4-2-12)18-17-9-13-5-14(10-17)7-15(6-13)11-17/h12-15H,1-11H2,(H,18,19). The van der Waals surface area contributed by atoms with E-state index in [4.69, 9.17) is 4.74 Å². The van der Waals surface area contributed by atoms with Gasteiger partial charge in [-0.25, -0.2) is 0 Å². The summed E-state index contributed by atoms with van der Waals surface area (Å²) in [6, 6.07) is 0. The Kier molecular flexibility index (Phi) is 3.29. The van der Waals surface area contributed by atoms with Gasteiger partial charge in [-0.2, -0.15) is 0 Å². The highest BCUT2D eigenvalue weighted by atomic mass is 16.5. The molecule has 0 atom stereocenters. The molecule has 5 fully saturated rings. The van der Waals surface area contributed by atoms with E-state index < -0.39 is 0 Å². The fourth-order valence-electron chi connectivity index (χ4n) is 5.82. The molecule has 0 aromatic rings. The molecule has 0 aromatic carbocycles. The number of rotatable bonds is 3. The van der Waals surface area contributed by atoms with E-state index in [2.05, 4.69) is 5.32 Å². The molecule has 5 aliphatic rings. The van der Waals surface area contributed by atoms with Crippen molar-refractivity contribution < 1.29 is 9.53 Å². The van der Waals surface area contributed by atoms with Gasteiger partial charge in [0.25, 0.3) is 0 Å². The number of carbonyl (C=O) groups is 1. The minimum Gasteiger partial charge on any atom is -0.381 e. The van der Waals surface area contributed by atoms with Gasteiger partial charge in [0.1, 0.15) is 0 Å². The second kappa shape index (κ2) is 5.01. The average Bonchev–Trinajstić information content (AvgIpc) is 2.37. The third-order valence-electron chi connectivity index (χ3n) is 6.26. The maximum absolute atomic E-state index is 12.4. The van der Waals surface area contributed by atoms with Gasteiger partial charge in [-0.15, -0.1) is 0 Å². The van der Waals surface area contributed by atoms with Crippen LogP contribution < -0.4 is 5.32 Å². The Morgan fingerprint density at radius 1 is 1.00 bits per heavy atom. The van der Waals surface area contributed by atoms with E-state index in [1.54, 1.807) is 0 Å². The Bertz CT molecular complexity index is 351. The van der Waals surface area contributed by atoms with Crippen LogP contribution in [0.2, 0.25) is 0 Å². The van der Waals surface area contributed by atoms with Crippen LogP contribution in [0.5, 0.6) is 0 Å². The van der Waals surface area contributed by atoms with Crippen molar-refractivity contribution >= 4 is 5.91 Å². The molecule has 3 nitrogen and oxygen atoms in total. The molecule has 5 rings (SSSR count). The minimum atomic E-state index is 0.191. The maximum atomic E-state index is 12.4. The first kappa shape index (κ1) is 13.1. The van der Waals surface area contributed by atoms with Crippen molar-refractivity contribution in [2.75, 3.05) is 13.2 Å². The van der Waals surface area contributed by atoms with Gasteiger partial charge in [0.15, 0.2) is 0 Å². The van der Waals surface area contributed by atoms with E-state index in [9.17, 15) is 4.79 Å². The second-order valence-electron chi connectivity index (χ2n) is 8.01. The molecule has 0 aromatic heterocycles. The Labute approximate surface area is 121 Å². The third kappa shape index (κ3) is 2.49. The molecule has 20 heavy (non-hydrogen) atoms. The van der Waals surface area contributed by atoms with Gasteiger partial charge in [-0.3, -0.25) is 4.79 Å². The van der Waals surface area contributed by atoms with E-state index in [1.807, 2.05) is 0 Å². The molecular formula is C17H27NO2. The van der Waals surface area contributed by atoms with Crippen LogP contribution in [0.25, 0.3) is 0 Å². The molecule has 1 saturated heterocycles. The second-order valence-corrected chi connectivity index (χ2v) is 8.01. The van der Waals surface area contributed by atoms with Crippen molar-refractivity contribution in [1.82, 2.24) is 5.32 Å². The monoisotopic (exact) mass is 277 g/mol. The summed E-state index contributed by atoms with van der Waals surface area (Å²) in [4.78, 5) is 12.4. The molecule has 0 unspecified atom stereocenters. The summed E-state index contributed by atoms with van der Waals surface area (Å²) in [5.41, 5.74) is 0.191. The van der Waals surface area contributed by atoms with Crippen molar-refractivity contribution in [1.29, 1.82) is 0 Å². The number of hydrogen-bond donors (Lipinski definition) is 1. The molecule has 1 aliphatic heterocycles. The number of carbonyl (C=O) groups excluding carboxylic acids is 1. The molecule has 3 heteroatoms. The summed E-state index contributed by atoms with van der Waals surface area (Å²) in [6.07, 6.45) is 11.0. The first-order valence-corrected chi connectivity index (χ1v) is 8.59. The lowest BCUT2D eigenvalue weighted by atomic mass is 9.53. The molecule has 4 saturated carbocycles. The number of ether oxygens (including phenoxy) is 1. The zero-order valence-corrected chi connectivity index (χ0v) is 12.4. The van der Waals surface area contributed by atoms with Gasteiger partial charge in [0.2, 0.25) is 5.91 Å². The lowest BCUT2D eigenvalue weighted by Crippen LogP contribution is -2.60. The normalized spacial score (nSPS) is 43.7. The zero-order valence-electron chi connectivity index (χ0n) is 12.4. The highest BCUT2D eigenvalue weighted by Gasteiger charge is 2.51.